The molecule has 1 aliphatic heterocycles. The summed E-state index contributed by atoms with van der Waals surface area (Å²) in [6.07, 6.45) is 11.3. The number of carbonyl (C=O) groups is 2. The number of carbonyl (C=O) groups excluding carboxylic acids is 2. The Morgan fingerprint density at radius 2 is 1.97 bits per heavy atom. The number of nitrogens with zero attached hydrogens (tertiary/aromatic N) is 1. The number of hydrogen-bond acceptors (Lipinski definition) is 6. The van der Waals surface area contributed by atoms with E-state index in [0.29, 0.717) is 23.8 Å². The summed E-state index contributed by atoms with van der Waals surface area (Å²) in [5.41, 5.74) is 0.00356. The Hall–Kier alpha value is -1.40. The van der Waals surface area contributed by atoms with Crippen molar-refractivity contribution < 1.29 is 24.2 Å². The van der Waals surface area contributed by atoms with Crippen molar-refractivity contribution in [2.45, 2.75) is 96.4 Å². The average molecular weight is 461 g/mol. The van der Waals surface area contributed by atoms with Crippen molar-refractivity contribution in [3.8, 4) is 0 Å². The molecule has 0 aromatic carbocycles. The van der Waals surface area contributed by atoms with E-state index in [-0.39, 0.29) is 29.8 Å². The second-order valence-corrected chi connectivity index (χ2v) is 11.2. The number of likely N-dealkylation sites (tertiary alicyclic amines) is 1. The third-order valence-electron chi connectivity index (χ3n) is 9.24. The molecule has 6 nitrogen and oxygen atoms in total. The zero-order valence-corrected chi connectivity index (χ0v) is 21.0. The highest BCUT2D eigenvalue weighted by molar-refractivity contribution is 5.76. The molecule has 4 unspecified atom stereocenters. The van der Waals surface area contributed by atoms with Crippen LogP contribution in [0, 0.1) is 36.0 Å². The van der Waals surface area contributed by atoms with E-state index in [1.165, 1.54) is 33.3 Å². The lowest BCUT2D eigenvalue weighted by molar-refractivity contribution is -0.150. The van der Waals surface area contributed by atoms with Crippen LogP contribution in [0.5, 0.6) is 0 Å². The molecule has 4 aliphatic rings. The minimum atomic E-state index is -0.989. The standard InChI is InChI=1S/C27H42NO5/c1-16-12-22-21(11-10-18(3)27(22,31)14-25(16)33-19(4)29)17(2)15-28-23-9-7-6-8-20(23)13-24(28)26(30)32-5/h12,14,17-18,20-25,31H,6-11,13,15H2,1-5H3/t17?,18-,20?,21+,22-,23?,24?,25-,27-/m1/s1. The Bertz CT molecular complexity index is 780. The molecule has 3 aliphatic carbocycles. The SMILES string of the molecule is COC(=O)C1CC2CCCCC2N1CC(C)[C@@H]1CC[C@@H](C)[C@]2(O)[CH][C@@H](OC(C)=O)C(C)=C[C@H]12. The van der Waals surface area contributed by atoms with E-state index in [1.807, 2.05) is 13.3 Å². The predicted molar refractivity (Wildman–Crippen MR) is 126 cm³/mol. The molecule has 33 heavy (non-hydrogen) atoms. The summed E-state index contributed by atoms with van der Waals surface area (Å²) in [7, 11) is 1.50. The van der Waals surface area contributed by atoms with Crippen molar-refractivity contribution in [1.82, 2.24) is 4.90 Å². The van der Waals surface area contributed by atoms with Gasteiger partial charge in [-0.05, 0) is 68.3 Å². The van der Waals surface area contributed by atoms with Gasteiger partial charge in [-0.25, -0.2) is 0 Å². The maximum absolute atomic E-state index is 12.7. The van der Waals surface area contributed by atoms with E-state index < -0.39 is 11.7 Å². The first-order valence-corrected chi connectivity index (χ1v) is 12.9. The van der Waals surface area contributed by atoms with Crippen LogP contribution >= 0.6 is 0 Å². The van der Waals surface area contributed by atoms with Gasteiger partial charge in [0.05, 0.1) is 12.7 Å². The highest BCUT2D eigenvalue weighted by Gasteiger charge is 2.54. The van der Waals surface area contributed by atoms with Crippen LogP contribution < -0.4 is 0 Å². The van der Waals surface area contributed by atoms with Crippen LogP contribution in [0.15, 0.2) is 11.6 Å². The van der Waals surface area contributed by atoms with E-state index in [0.717, 1.165) is 37.8 Å². The Morgan fingerprint density at radius 3 is 2.67 bits per heavy atom. The number of rotatable bonds is 5. The smallest absolute Gasteiger partial charge is 0.323 e. The lowest BCUT2D eigenvalue weighted by Gasteiger charge is -2.53. The Labute approximate surface area is 199 Å². The van der Waals surface area contributed by atoms with Gasteiger partial charge in [0, 0.05) is 31.8 Å². The van der Waals surface area contributed by atoms with Crippen molar-refractivity contribution in [3.05, 3.63) is 18.1 Å². The van der Waals surface area contributed by atoms with Crippen LogP contribution in [0.4, 0.5) is 0 Å². The zero-order valence-electron chi connectivity index (χ0n) is 21.0. The first-order valence-electron chi connectivity index (χ1n) is 12.9. The van der Waals surface area contributed by atoms with Gasteiger partial charge in [0.25, 0.3) is 0 Å². The van der Waals surface area contributed by atoms with Crippen LogP contribution in [-0.4, -0.2) is 59.4 Å². The summed E-state index contributed by atoms with van der Waals surface area (Å²) < 4.78 is 10.7. The minimum absolute atomic E-state index is 0.00982. The van der Waals surface area contributed by atoms with Gasteiger partial charge in [-0.3, -0.25) is 14.5 Å². The van der Waals surface area contributed by atoms with Crippen LogP contribution in [0.25, 0.3) is 0 Å². The summed E-state index contributed by atoms with van der Waals surface area (Å²) in [6, 6.07) is 0.325. The lowest BCUT2D eigenvalue weighted by atomic mass is 9.57. The van der Waals surface area contributed by atoms with Crippen molar-refractivity contribution in [3.63, 3.8) is 0 Å². The monoisotopic (exact) mass is 460 g/mol. The maximum Gasteiger partial charge on any atom is 0.323 e. The van der Waals surface area contributed by atoms with Crippen molar-refractivity contribution >= 4 is 11.9 Å². The second-order valence-electron chi connectivity index (χ2n) is 11.2. The Balaban J connectivity index is 1.56. The van der Waals surface area contributed by atoms with Crippen molar-refractivity contribution in [2.75, 3.05) is 13.7 Å². The highest BCUT2D eigenvalue weighted by Crippen LogP contribution is 2.51. The maximum atomic E-state index is 12.7. The first kappa shape index (κ1) is 24.7. The van der Waals surface area contributed by atoms with Gasteiger partial charge >= 0.3 is 11.9 Å². The summed E-state index contributed by atoms with van der Waals surface area (Å²) in [4.78, 5) is 26.7. The lowest BCUT2D eigenvalue weighted by Crippen LogP contribution is -2.57. The van der Waals surface area contributed by atoms with Gasteiger partial charge < -0.3 is 14.6 Å². The molecule has 1 radical (unpaired) electrons. The molecule has 0 amide bonds. The number of fused-ring (bicyclic) bond motifs is 2. The molecule has 0 aromatic heterocycles. The number of aliphatic hydroxyl groups is 1. The molecule has 6 heteroatoms. The molecule has 4 rings (SSSR count). The Morgan fingerprint density at radius 1 is 1.24 bits per heavy atom. The third-order valence-corrected chi connectivity index (χ3v) is 9.24. The topological polar surface area (TPSA) is 76.1 Å². The molecular weight excluding hydrogens is 418 g/mol. The third kappa shape index (κ3) is 4.62. The van der Waals surface area contributed by atoms with Crippen LogP contribution in [-0.2, 0) is 19.1 Å². The van der Waals surface area contributed by atoms with Gasteiger partial charge in [-0.15, -0.1) is 0 Å². The molecular formula is C27H42NO5. The van der Waals surface area contributed by atoms with Gasteiger partial charge in [-0.2, -0.15) is 0 Å². The molecule has 0 bridgehead atoms. The zero-order chi connectivity index (χ0) is 23.9. The second kappa shape index (κ2) is 9.69. The molecule has 185 valence electrons. The number of hydrogen-bond donors (Lipinski definition) is 1. The van der Waals surface area contributed by atoms with Gasteiger partial charge in [0.2, 0.25) is 0 Å². The summed E-state index contributed by atoms with van der Waals surface area (Å²) in [5.74, 6) is 0.880. The molecule has 1 saturated heterocycles. The predicted octanol–water partition coefficient (Wildman–Crippen LogP) is 3.92. The molecule has 1 heterocycles. The fraction of sp³-hybridized carbons (Fsp3) is 0.815. The first-order chi connectivity index (χ1) is 15.7. The van der Waals surface area contributed by atoms with Crippen molar-refractivity contribution in [2.24, 2.45) is 29.6 Å². The minimum Gasteiger partial charge on any atom is -0.468 e. The number of esters is 2. The molecule has 2 saturated carbocycles. The number of methoxy groups -OCH3 is 1. The van der Waals surface area contributed by atoms with Crippen LogP contribution in [0.3, 0.4) is 0 Å². The van der Waals surface area contributed by atoms with E-state index in [2.05, 4.69) is 24.8 Å². The highest BCUT2D eigenvalue weighted by atomic mass is 16.5. The fourth-order valence-electron chi connectivity index (χ4n) is 7.40. The Kier molecular flexibility index (Phi) is 7.26. The van der Waals surface area contributed by atoms with Gasteiger partial charge in [0.15, 0.2) is 0 Å². The molecule has 1 N–H and O–H groups in total. The van der Waals surface area contributed by atoms with E-state index in [4.69, 9.17) is 9.47 Å². The van der Waals surface area contributed by atoms with E-state index >= 15 is 0 Å². The van der Waals surface area contributed by atoms with Gasteiger partial charge in [0.1, 0.15) is 12.1 Å². The summed E-state index contributed by atoms with van der Waals surface area (Å²) in [5, 5.41) is 11.8. The average Bonchev–Trinajstić information content (AvgIpc) is 3.13. The molecule has 0 spiro atoms. The van der Waals surface area contributed by atoms with Gasteiger partial charge in [-0.1, -0.05) is 32.8 Å². The van der Waals surface area contributed by atoms with Crippen LogP contribution in [0.2, 0.25) is 0 Å². The quantitative estimate of drug-likeness (QED) is 0.495. The van der Waals surface area contributed by atoms with E-state index in [1.54, 1.807) is 0 Å². The number of ether oxygens (including phenoxy) is 2. The summed E-state index contributed by atoms with van der Waals surface area (Å²) >= 11 is 0. The largest absolute Gasteiger partial charge is 0.468 e. The molecule has 0 aromatic rings. The summed E-state index contributed by atoms with van der Waals surface area (Å²) in [6.45, 7) is 8.65. The van der Waals surface area contributed by atoms with Crippen molar-refractivity contribution in [1.29, 1.82) is 0 Å². The molecule has 3 fully saturated rings. The fourth-order valence-corrected chi connectivity index (χ4v) is 7.40. The van der Waals surface area contributed by atoms with Crippen LogP contribution in [0.1, 0.15) is 72.6 Å². The normalized spacial score (nSPS) is 42.0. The molecule has 9 atom stereocenters. The van der Waals surface area contributed by atoms with E-state index in [9.17, 15) is 14.7 Å².